The van der Waals surface area contributed by atoms with E-state index in [0.717, 1.165) is 0 Å². The Morgan fingerprint density at radius 1 is 0.867 bits per heavy atom. The van der Waals surface area contributed by atoms with Crippen molar-refractivity contribution in [2.24, 2.45) is 22.7 Å². The minimum absolute atomic E-state index is 0.283. The molecular formula is C25H48GeO4. The second kappa shape index (κ2) is 11.9. The second-order valence-corrected chi connectivity index (χ2v) is 20.7. The number of esters is 2. The summed E-state index contributed by atoms with van der Waals surface area (Å²) < 4.78 is 10.4. The summed E-state index contributed by atoms with van der Waals surface area (Å²) in [6.45, 7) is 13.3. The molecule has 0 bridgehead atoms. The van der Waals surface area contributed by atoms with Crippen LogP contribution < -0.4 is 0 Å². The van der Waals surface area contributed by atoms with Gasteiger partial charge in [-0.25, -0.2) is 0 Å². The van der Waals surface area contributed by atoms with Gasteiger partial charge in [0, 0.05) is 0 Å². The maximum atomic E-state index is 13.0. The maximum absolute atomic E-state index is 13.0. The van der Waals surface area contributed by atoms with E-state index in [1.54, 1.807) is 0 Å². The van der Waals surface area contributed by atoms with E-state index in [1.807, 2.05) is 0 Å². The van der Waals surface area contributed by atoms with Crippen LogP contribution in [0.25, 0.3) is 0 Å². The molecule has 0 aromatic carbocycles. The van der Waals surface area contributed by atoms with Gasteiger partial charge in [-0.3, -0.25) is 0 Å². The number of hydrogen-bond donors (Lipinski definition) is 0. The first-order chi connectivity index (χ1) is 14.1. The summed E-state index contributed by atoms with van der Waals surface area (Å²) in [6.07, 6.45) is 8.34. The molecule has 0 heterocycles. The summed E-state index contributed by atoms with van der Waals surface area (Å²) in [5.41, 5.74) is -1.67. The van der Waals surface area contributed by atoms with Crippen molar-refractivity contribution in [2.45, 2.75) is 108 Å². The summed E-state index contributed by atoms with van der Waals surface area (Å²) in [4.78, 5) is 26.0. The molecule has 0 amide bonds. The Morgan fingerprint density at radius 2 is 1.27 bits per heavy atom. The summed E-state index contributed by atoms with van der Waals surface area (Å²) in [5.74, 6) is -0.153. The van der Waals surface area contributed by atoms with Gasteiger partial charge < -0.3 is 0 Å². The number of methoxy groups -OCH3 is 2. The Bertz CT molecular complexity index is 520. The van der Waals surface area contributed by atoms with Crippen LogP contribution in [-0.4, -0.2) is 39.4 Å². The predicted molar refractivity (Wildman–Crippen MR) is 127 cm³/mol. The first-order valence-electron chi connectivity index (χ1n) is 12.3. The zero-order valence-corrected chi connectivity index (χ0v) is 23.2. The third-order valence-corrected chi connectivity index (χ3v) is 20.3. The molecule has 1 aliphatic carbocycles. The van der Waals surface area contributed by atoms with E-state index in [2.05, 4.69) is 41.5 Å². The summed E-state index contributed by atoms with van der Waals surface area (Å²) >= 11 is -2.11. The van der Waals surface area contributed by atoms with Crippen LogP contribution in [0.1, 0.15) is 86.5 Å². The third-order valence-electron chi connectivity index (χ3n) is 8.46. The van der Waals surface area contributed by atoms with Gasteiger partial charge in [0.15, 0.2) is 0 Å². The number of unbranched alkanes of at least 4 members (excludes halogenated alkanes) is 3. The van der Waals surface area contributed by atoms with E-state index in [1.165, 1.54) is 73.8 Å². The van der Waals surface area contributed by atoms with Crippen molar-refractivity contribution in [3.8, 4) is 0 Å². The van der Waals surface area contributed by atoms with Crippen LogP contribution in [0.3, 0.4) is 0 Å². The molecule has 0 spiro atoms. The Balaban J connectivity index is 3.34. The number of rotatable bonds is 13. The fraction of sp³-hybridized carbons (Fsp3) is 0.920. The van der Waals surface area contributed by atoms with Crippen LogP contribution in [0.4, 0.5) is 0 Å². The number of carbonyl (C=O) groups excluding carboxylic acids is 2. The van der Waals surface area contributed by atoms with Crippen LogP contribution in [0, 0.1) is 22.7 Å². The van der Waals surface area contributed by atoms with E-state index >= 15 is 0 Å². The molecule has 0 unspecified atom stereocenters. The zero-order valence-electron chi connectivity index (χ0n) is 21.1. The van der Waals surface area contributed by atoms with Crippen LogP contribution in [0.15, 0.2) is 0 Å². The van der Waals surface area contributed by atoms with Crippen LogP contribution in [0.5, 0.6) is 0 Å². The second-order valence-electron chi connectivity index (χ2n) is 10.4. The topological polar surface area (TPSA) is 52.6 Å². The molecule has 2 atom stereocenters. The van der Waals surface area contributed by atoms with Crippen molar-refractivity contribution in [2.75, 3.05) is 14.2 Å². The molecule has 0 N–H and O–H groups in total. The fourth-order valence-corrected chi connectivity index (χ4v) is 19.3. The van der Waals surface area contributed by atoms with E-state index in [4.69, 9.17) is 9.47 Å². The molecule has 0 aromatic heterocycles. The SMILES string of the molecule is CCC[CH2][Ge]([CH2]CCC)([CH2]CCC)[CH2][C@@H]1CC(C(=O)OC)(C(=O)OC)C(C)(C)[C@H]1C. The molecule has 5 heteroatoms. The Labute approximate surface area is 188 Å². The predicted octanol–water partition coefficient (Wildman–Crippen LogP) is 6.85. The van der Waals surface area contributed by atoms with E-state index in [0.29, 0.717) is 12.3 Å². The number of hydrogen-bond acceptors (Lipinski definition) is 4. The number of ether oxygens (including phenoxy) is 2. The van der Waals surface area contributed by atoms with Gasteiger partial charge in [0.25, 0.3) is 0 Å². The molecule has 176 valence electrons. The molecule has 0 aliphatic heterocycles. The van der Waals surface area contributed by atoms with Crippen molar-refractivity contribution in [1.29, 1.82) is 0 Å². The van der Waals surface area contributed by atoms with Gasteiger partial charge >= 0.3 is 189 Å². The molecule has 1 rings (SSSR count). The zero-order chi connectivity index (χ0) is 23.0. The van der Waals surface area contributed by atoms with Crippen molar-refractivity contribution >= 4 is 25.2 Å². The Morgan fingerprint density at radius 3 is 1.60 bits per heavy atom. The van der Waals surface area contributed by atoms with Gasteiger partial charge in [0.2, 0.25) is 0 Å². The average Bonchev–Trinajstić information content (AvgIpc) is 2.94. The summed E-state index contributed by atoms with van der Waals surface area (Å²) in [5, 5.41) is 5.58. The van der Waals surface area contributed by atoms with Crippen molar-refractivity contribution in [1.82, 2.24) is 0 Å². The van der Waals surface area contributed by atoms with E-state index in [-0.39, 0.29) is 5.92 Å². The molecule has 0 aromatic rings. The molecular weight excluding hydrogens is 437 g/mol. The summed E-state index contributed by atoms with van der Waals surface area (Å²) in [6, 6.07) is 0. The van der Waals surface area contributed by atoms with E-state index < -0.39 is 36.0 Å². The standard InChI is InChI=1S/C25H48GeO4/c1-9-12-15-26(16-13-10-2,17-14-11-3)19-21-18-25(22(27)29-7,23(28)30-8)24(5,6)20(21)4/h20-21H,9-19H2,1-8H3/t20-,21-/m0/s1. The normalized spacial score (nSPS) is 22.7. The van der Waals surface area contributed by atoms with Gasteiger partial charge in [-0.2, -0.15) is 0 Å². The summed E-state index contributed by atoms with van der Waals surface area (Å²) in [7, 11) is 2.79. The quantitative estimate of drug-likeness (QED) is 0.163. The van der Waals surface area contributed by atoms with Gasteiger partial charge in [-0.05, 0) is 0 Å². The van der Waals surface area contributed by atoms with Crippen molar-refractivity contribution in [3.63, 3.8) is 0 Å². The molecule has 1 fully saturated rings. The monoisotopic (exact) mass is 486 g/mol. The van der Waals surface area contributed by atoms with Gasteiger partial charge in [0.05, 0.1) is 0 Å². The fourth-order valence-electron chi connectivity index (χ4n) is 6.08. The molecule has 30 heavy (non-hydrogen) atoms. The Kier molecular flexibility index (Phi) is 10.9. The van der Waals surface area contributed by atoms with Gasteiger partial charge in [-0.1, -0.05) is 0 Å². The van der Waals surface area contributed by atoms with Crippen molar-refractivity contribution < 1.29 is 19.1 Å². The van der Waals surface area contributed by atoms with Gasteiger partial charge in [0.1, 0.15) is 0 Å². The van der Waals surface area contributed by atoms with Crippen LogP contribution in [0.2, 0.25) is 21.0 Å². The van der Waals surface area contributed by atoms with Crippen LogP contribution in [-0.2, 0) is 19.1 Å². The molecule has 1 saturated carbocycles. The van der Waals surface area contributed by atoms with Crippen molar-refractivity contribution in [3.05, 3.63) is 0 Å². The molecule has 1 aliphatic rings. The molecule has 0 radical (unpaired) electrons. The minimum atomic E-state index is -2.11. The van der Waals surface area contributed by atoms with E-state index in [9.17, 15) is 9.59 Å². The van der Waals surface area contributed by atoms with Gasteiger partial charge in [-0.15, -0.1) is 0 Å². The molecule has 0 saturated heterocycles. The first-order valence-corrected chi connectivity index (χ1v) is 18.2. The Hall–Kier alpha value is -0.517. The third kappa shape index (κ3) is 5.45. The average molecular weight is 485 g/mol. The first kappa shape index (κ1) is 27.5. The van der Waals surface area contributed by atoms with Crippen LogP contribution >= 0.6 is 0 Å². The number of carbonyl (C=O) groups is 2. The molecule has 4 nitrogen and oxygen atoms in total.